The van der Waals surface area contributed by atoms with Gasteiger partial charge in [-0.05, 0) is 54.5 Å². The summed E-state index contributed by atoms with van der Waals surface area (Å²) in [4.78, 5) is 4.19. The largest absolute Gasteiger partial charge is 0.355 e. The molecule has 2 aromatic carbocycles. The van der Waals surface area contributed by atoms with E-state index in [1.807, 2.05) is 66.7 Å². The fourth-order valence-electron chi connectivity index (χ4n) is 1.98. The molecule has 0 atom stereocenters. The number of benzene rings is 2. The molecule has 0 amide bonds. The fourth-order valence-corrected chi connectivity index (χ4v) is 2.17. The summed E-state index contributed by atoms with van der Waals surface area (Å²) in [5.41, 5.74) is 3.60. The van der Waals surface area contributed by atoms with Gasteiger partial charge in [-0.2, -0.15) is 0 Å². The molecule has 0 aliphatic rings. The molecule has 0 aliphatic carbocycles. The SMILES string of the molecule is Clc1cccc(Nc2cccc(C#Cc3ccccn3)c2)c1. The van der Waals surface area contributed by atoms with E-state index in [-0.39, 0.29) is 0 Å². The molecule has 2 nitrogen and oxygen atoms in total. The third kappa shape index (κ3) is 3.88. The highest BCUT2D eigenvalue weighted by Crippen LogP contribution is 2.20. The van der Waals surface area contributed by atoms with Crippen molar-refractivity contribution in [3.63, 3.8) is 0 Å². The van der Waals surface area contributed by atoms with Crippen molar-refractivity contribution < 1.29 is 0 Å². The van der Waals surface area contributed by atoms with E-state index < -0.39 is 0 Å². The Morgan fingerprint density at radius 2 is 1.64 bits per heavy atom. The molecule has 0 fully saturated rings. The van der Waals surface area contributed by atoms with Gasteiger partial charge in [-0.15, -0.1) is 0 Å². The van der Waals surface area contributed by atoms with Crippen LogP contribution in [0.3, 0.4) is 0 Å². The molecule has 3 rings (SSSR count). The zero-order valence-corrected chi connectivity index (χ0v) is 12.5. The lowest BCUT2D eigenvalue weighted by atomic mass is 10.2. The number of hydrogen-bond donors (Lipinski definition) is 1. The Morgan fingerprint density at radius 3 is 2.41 bits per heavy atom. The van der Waals surface area contributed by atoms with Crippen LogP contribution in [0.25, 0.3) is 0 Å². The zero-order valence-electron chi connectivity index (χ0n) is 11.8. The van der Waals surface area contributed by atoms with Crippen LogP contribution in [0.5, 0.6) is 0 Å². The Kier molecular flexibility index (Phi) is 4.38. The molecule has 0 radical (unpaired) electrons. The summed E-state index contributed by atoms with van der Waals surface area (Å²) in [6.45, 7) is 0. The van der Waals surface area contributed by atoms with Crippen LogP contribution in [0.15, 0.2) is 72.9 Å². The van der Waals surface area contributed by atoms with E-state index in [1.165, 1.54) is 0 Å². The van der Waals surface area contributed by atoms with Gasteiger partial charge in [0, 0.05) is 28.2 Å². The highest BCUT2D eigenvalue weighted by Gasteiger charge is 1.97. The Bertz CT molecular complexity index is 833. The predicted octanol–water partition coefficient (Wildman–Crippen LogP) is 4.88. The third-order valence-corrected chi connectivity index (χ3v) is 3.21. The van der Waals surface area contributed by atoms with Crippen LogP contribution in [0.2, 0.25) is 5.02 Å². The van der Waals surface area contributed by atoms with Crippen molar-refractivity contribution in [2.45, 2.75) is 0 Å². The molecule has 106 valence electrons. The number of halogens is 1. The summed E-state index contributed by atoms with van der Waals surface area (Å²) in [6.07, 6.45) is 1.74. The highest BCUT2D eigenvalue weighted by molar-refractivity contribution is 6.30. The van der Waals surface area contributed by atoms with Crippen molar-refractivity contribution in [1.82, 2.24) is 4.98 Å². The van der Waals surface area contributed by atoms with E-state index in [0.717, 1.165) is 22.6 Å². The van der Waals surface area contributed by atoms with Crippen LogP contribution in [0.1, 0.15) is 11.3 Å². The van der Waals surface area contributed by atoms with Crippen LogP contribution in [-0.4, -0.2) is 4.98 Å². The second kappa shape index (κ2) is 6.80. The standard InChI is InChI=1S/C19H13ClN2/c20-16-6-4-9-19(14-16)22-18-8-3-5-15(13-18)10-11-17-7-1-2-12-21-17/h1-9,12-14,22H. The van der Waals surface area contributed by atoms with Gasteiger partial charge in [-0.3, -0.25) is 0 Å². The number of anilines is 2. The molecule has 1 heterocycles. The molecular formula is C19H13ClN2. The van der Waals surface area contributed by atoms with E-state index in [9.17, 15) is 0 Å². The van der Waals surface area contributed by atoms with Crippen LogP contribution in [0, 0.1) is 11.8 Å². The van der Waals surface area contributed by atoms with Crippen molar-refractivity contribution in [1.29, 1.82) is 0 Å². The number of nitrogens with one attached hydrogen (secondary N) is 1. The molecule has 1 aromatic heterocycles. The summed E-state index contributed by atoms with van der Waals surface area (Å²) in [5.74, 6) is 6.17. The van der Waals surface area contributed by atoms with E-state index >= 15 is 0 Å². The minimum absolute atomic E-state index is 0.705. The lowest BCUT2D eigenvalue weighted by Crippen LogP contribution is -1.90. The second-order valence-electron chi connectivity index (χ2n) is 4.68. The first-order chi connectivity index (χ1) is 10.8. The lowest BCUT2D eigenvalue weighted by Gasteiger charge is -2.06. The van der Waals surface area contributed by atoms with Crippen LogP contribution >= 0.6 is 11.6 Å². The maximum Gasteiger partial charge on any atom is 0.113 e. The minimum Gasteiger partial charge on any atom is -0.355 e. The van der Waals surface area contributed by atoms with E-state index in [1.54, 1.807) is 6.20 Å². The summed E-state index contributed by atoms with van der Waals surface area (Å²) in [5, 5.41) is 4.02. The number of pyridine rings is 1. The highest BCUT2D eigenvalue weighted by atomic mass is 35.5. The molecule has 0 saturated heterocycles. The third-order valence-electron chi connectivity index (χ3n) is 2.98. The van der Waals surface area contributed by atoms with Gasteiger partial charge in [0.1, 0.15) is 5.69 Å². The van der Waals surface area contributed by atoms with Crippen LogP contribution in [0.4, 0.5) is 11.4 Å². The van der Waals surface area contributed by atoms with Crippen LogP contribution in [-0.2, 0) is 0 Å². The Labute approximate surface area is 134 Å². The van der Waals surface area contributed by atoms with Gasteiger partial charge >= 0.3 is 0 Å². The van der Waals surface area contributed by atoms with Gasteiger partial charge in [0.05, 0.1) is 0 Å². The van der Waals surface area contributed by atoms with Crippen molar-refractivity contribution in [2.75, 3.05) is 5.32 Å². The molecule has 0 unspecified atom stereocenters. The van der Waals surface area contributed by atoms with E-state index in [0.29, 0.717) is 5.02 Å². The Morgan fingerprint density at radius 1 is 0.818 bits per heavy atom. The average molecular weight is 305 g/mol. The van der Waals surface area contributed by atoms with E-state index in [2.05, 4.69) is 22.1 Å². The normalized spacial score (nSPS) is 9.68. The van der Waals surface area contributed by atoms with Crippen molar-refractivity contribution >= 4 is 23.0 Å². The number of hydrogen-bond acceptors (Lipinski definition) is 2. The number of rotatable bonds is 2. The van der Waals surface area contributed by atoms with Crippen LogP contribution < -0.4 is 5.32 Å². The molecule has 22 heavy (non-hydrogen) atoms. The molecule has 0 aliphatic heterocycles. The predicted molar refractivity (Wildman–Crippen MR) is 91.4 cm³/mol. The molecule has 0 bridgehead atoms. The molecule has 3 heteroatoms. The molecule has 0 saturated carbocycles. The van der Waals surface area contributed by atoms with Crippen molar-refractivity contribution in [3.8, 4) is 11.8 Å². The topological polar surface area (TPSA) is 24.9 Å². The van der Waals surface area contributed by atoms with Gasteiger partial charge in [0.15, 0.2) is 0 Å². The molecular weight excluding hydrogens is 292 g/mol. The van der Waals surface area contributed by atoms with E-state index in [4.69, 9.17) is 11.6 Å². The first kappa shape index (κ1) is 14.2. The summed E-state index contributed by atoms with van der Waals surface area (Å²) in [7, 11) is 0. The lowest BCUT2D eigenvalue weighted by molar-refractivity contribution is 1.29. The fraction of sp³-hybridized carbons (Fsp3) is 0. The average Bonchev–Trinajstić information content (AvgIpc) is 2.54. The van der Waals surface area contributed by atoms with Gasteiger partial charge in [-0.25, -0.2) is 4.98 Å². The quantitative estimate of drug-likeness (QED) is 0.683. The van der Waals surface area contributed by atoms with Crippen molar-refractivity contribution in [2.24, 2.45) is 0 Å². The second-order valence-corrected chi connectivity index (χ2v) is 5.12. The number of nitrogens with zero attached hydrogens (tertiary/aromatic N) is 1. The smallest absolute Gasteiger partial charge is 0.113 e. The van der Waals surface area contributed by atoms with Gasteiger partial charge in [0.2, 0.25) is 0 Å². The maximum absolute atomic E-state index is 5.99. The first-order valence-corrected chi connectivity index (χ1v) is 7.23. The molecule has 0 spiro atoms. The monoisotopic (exact) mass is 304 g/mol. The Hall–Kier alpha value is -2.76. The summed E-state index contributed by atoms with van der Waals surface area (Å²) < 4.78 is 0. The first-order valence-electron chi connectivity index (χ1n) is 6.85. The van der Waals surface area contributed by atoms with Crippen molar-refractivity contribution in [3.05, 3.63) is 89.2 Å². The van der Waals surface area contributed by atoms with Gasteiger partial charge < -0.3 is 5.32 Å². The Balaban J connectivity index is 1.80. The summed E-state index contributed by atoms with van der Waals surface area (Å²) in [6, 6.07) is 21.2. The van der Waals surface area contributed by atoms with Gasteiger partial charge in [-0.1, -0.05) is 35.7 Å². The number of aromatic nitrogens is 1. The minimum atomic E-state index is 0.705. The molecule has 1 N–H and O–H groups in total. The zero-order chi connectivity index (χ0) is 15.2. The molecule has 3 aromatic rings. The maximum atomic E-state index is 5.99. The summed E-state index contributed by atoms with van der Waals surface area (Å²) >= 11 is 5.99. The van der Waals surface area contributed by atoms with Gasteiger partial charge in [0.25, 0.3) is 0 Å².